The van der Waals surface area contributed by atoms with E-state index in [0.29, 0.717) is 19.6 Å². The van der Waals surface area contributed by atoms with Gasteiger partial charge in [0.15, 0.2) is 0 Å². The number of piperidine rings is 1. The van der Waals surface area contributed by atoms with Crippen molar-refractivity contribution in [3.05, 3.63) is 70.7 Å². The monoisotopic (exact) mass is 439 g/mol. The van der Waals surface area contributed by atoms with Crippen molar-refractivity contribution in [3.63, 3.8) is 0 Å². The van der Waals surface area contributed by atoms with Crippen LogP contribution in [0.2, 0.25) is 5.02 Å². The normalized spacial score (nSPS) is 20.0. The van der Waals surface area contributed by atoms with Crippen LogP contribution in [0.25, 0.3) is 0 Å². The minimum Gasteiger partial charge on any atom is -0.352 e. The van der Waals surface area contributed by atoms with Crippen LogP contribution in [0.15, 0.2) is 54.6 Å². The number of amides is 2. The van der Waals surface area contributed by atoms with Crippen molar-refractivity contribution in [2.75, 3.05) is 19.6 Å². The Bertz CT molecular complexity index is 879. The minimum atomic E-state index is -0.0564. The fourth-order valence-corrected chi connectivity index (χ4v) is 4.75. The van der Waals surface area contributed by atoms with Gasteiger partial charge in [-0.15, -0.1) is 0 Å². The van der Waals surface area contributed by atoms with E-state index in [4.69, 9.17) is 11.6 Å². The zero-order chi connectivity index (χ0) is 21.6. The van der Waals surface area contributed by atoms with E-state index >= 15 is 0 Å². The lowest BCUT2D eigenvalue weighted by atomic mass is 9.95. The van der Waals surface area contributed by atoms with Gasteiger partial charge in [-0.1, -0.05) is 54.1 Å². The molecule has 1 unspecified atom stereocenters. The summed E-state index contributed by atoms with van der Waals surface area (Å²) in [6, 6.07) is 17.8. The van der Waals surface area contributed by atoms with Gasteiger partial charge in [-0.3, -0.25) is 14.5 Å². The lowest BCUT2D eigenvalue weighted by molar-refractivity contribution is -0.139. The van der Waals surface area contributed by atoms with Gasteiger partial charge in [-0.25, -0.2) is 0 Å². The molecule has 0 radical (unpaired) electrons. The van der Waals surface area contributed by atoms with E-state index < -0.39 is 0 Å². The van der Waals surface area contributed by atoms with Gasteiger partial charge in [-0.05, 0) is 55.5 Å². The number of likely N-dealkylation sites (tertiary alicyclic amines) is 2. The molecule has 2 aliphatic rings. The van der Waals surface area contributed by atoms with Crippen molar-refractivity contribution >= 4 is 23.4 Å². The first-order valence-electron chi connectivity index (χ1n) is 11.2. The predicted molar refractivity (Wildman–Crippen MR) is 122 cm³/mol. The Balaban J connectivity index is 1.26. The molecule has 164 valence electrons. The molecule has 2 heterocycles. The first kappa shape index (κ1) is 21.8. The Morgan fingerprint density at radius 1 is 0.903 bits per heavy atom. The maximum atomic E-state index is 13.2. The number of nitrogens with zero attached hydrogens (tertiary/aromatic N) is 2. The second kappa shape index (κ2) is 10.3. The van der Waals surface area contributed by atoms with Gasteiger partial charge in [0.25, 0.3) is 0 Å². The number of nitrogens with one attached hydrogen (secondary N) is 1. The molecule has 2 aromatic rings. The van der Waals surface area contributed by atoms with Crippen LogP contribution in [-0.4, -0.2) is 47.3 Å². The van der Waals surface area contributed by atoms with E-state index in [1.807, 2.05) is 59.5 Å². The third kappa shape index (κ3) is 5.66. The number of benzene rings is 2. The third-order valence-electron chi connectivity index (χ3n) is 6.43. The Hall–Kier alpha value is -2.37. The van der Waals surface area contributed by atoms with Crippen LogP contribution >= 0.6 is 11.6 Å². The standard InChI is InChI=1S/C25H30ClN3O2/c26-22-10-8-20(9-11-22)18-29-14-4-7-23(29)25(31)28-15-12-21(13-16-28)24(30)27-17-19-5-2-1-3-6-19/h1-3,5-6,8-11,21,23H,4,7,12-18H2,(H,27,30). The second-order valence-electron chi connectivity index (χ2n) is 8.56. The molecule has 2 saturated heterocycles. The van der Waals surface area contributed by atoms with Gasteiger partial charge >= 0.3 is 0 Å². The van der Waals surface area contributed by atoms with Gasteiger partial charge in [0.1, 0.15) is 0 Å². The summed E-state index contributed by atoms with van der Waals surface area (Å²) >= 11 is 5.99. The van der Waals surface area contributed by atoms with Crippen molar-refractivity contribution in [3.8, 4) is 0 Å². The highest BCUT2D eigenvalue weighted by atomic mass is 35.5. The highest BCUT2D eigenvalue weighted by molar-refractivity contribution is 6.30. The average molecular weight is 440 g/mol. The van der Waals surface area contributed by atoms with Crippen LogP contribution in [0.1, 0.15) is 36.8 Å². The van der Waals surface area contributed by atoms with Crippen molar-refractivity contribution in [1.29, 1.82) is 0 Å². The highest BCUT2D eigenvalue weighted by Crippen LogP contribution is 2.25. The summed E-state index contributed by atoms with van der Waals surface area (Å²) < 4.78 is 0. The molecule has 2 fully saturated rings. The van der Waals surface area contributed by atoms with E-state index in [1.54, 1.807) is 0 Å². The summed E-state index contributed by atoms with van der Waals surface area (Å²) in [4.78, 5) is 30.0. The maximum absolute atomic E-state index is 13.2. The summed E-state index contributed by atoms with van der Waals surface area (Å²) in [5.74, 6) is 0.303. The molecular formula is C25H30ClN3O2. The summed E-state index contributed by atoms with van der Waals surface area (Å²) in [7, 11) is 0. The van der Waals surface area contributed by atoms with E-state index in [0.717, 1.165) is 49.4 Å². The molecule has 0 aliphatic carbocycles. The number of hydrogen-bond donors (Lipinski definition) is 1. The Labute approximate surface area is 189 Å². The molecule has 6 heteroatoms. The van der Waals surface area contributed by atoms with Gasteiger partial charge < -0.3 is 10.2 Å². The number of carbonyl (C=O) groups excluding carboxylic acids is 2. The highest BCUT2D eigenvalue weighted by Gasteiger charge is 2.36. The van der Waals surface area contributed by atoms with Crippen LogP contribution in [0.3, 0.4) is 0 Å². The summed E-state index contributed by atoms with van der Waals surface area (Å²) in [6.07, 6.45) is 3.42. The minimum absolute atomic E-state index is 0.0125. The van der Waals surface area contributed by atoms with E-state index in [-0.39, 0.29) is 23.8 Å². The summed E-state index contributed by atoms with van der Waals surface area (Å²) in [6.45, 7) is 3.59. The molecule has 2 amide bonds. The summed E-state index contributed by atoms with van der Waals surface area (Å²) in [5, 5.41) is 3.78. The van der Waals surface area contributed by atoms with Crippen molar-refractivity contribution in [1.82, 2.24) is 15.1 Å². The summed E-state index contributed by atoms with van der Waals surface area (Å²) in [5.41, 5.74) is 2.28. The Kier molecular flexibility index (Phi) is 7.25. The van der Waals surface area contributed by atoms with Crippen molar-refractivity contribution < 1.29 is 9.59 Å². The van der Waals surface area contributed by atoms with Gasteiger partial charge in [-0.2, -0.15) is 0 Å². The first-order chi connectivity index (χ1) is 15.1. The molecule has 2 aromatic carbocycles. The van der Waals surface area contributed by atoms with E-state index in [1.165, 1.54) is 5.56 Å². The molecule has 4 rings (SSSR count). The van der Waals surface area contributed by atoms with Gasteiger partial charge in [0.2, 0.25) is 11.8 Å². The maximum Gasteiger partial charge on any atom is 0.239 e. The number of carbonyl (C=O) groups is 2. The average Bonchev–Trinajstić information content (AvgIpc) is 3.27. The fourth-order valence-electron chi connectivity index (χ4n) is 4.62. The van der Waals surface area contributed by atoms with Crippen LogP contribution in [-0.2, 0) is 22.7 Å². The zero-order valence-corrected chi connectivity index (χ0v) is 18.6. The molecule has 5 nitrogen and oxygen atoms in total. The SMILES string of the molecule is O=C(NCc1ccccc1)C1CCN(C(=O)C2CCCN2Cc2ccc(Cl)cc2)CC1. The Morgan fingerprint density at radius 3 is 2.32 bits per heavy atom. The smallest absolute Gasteiger partial charge is 0.239 e. The Morgan fingerprint density at radius 2 is 1.61 bits per heavy atom. The number of rotatable bonds is 6. The van der Waals surface area contributed by atoms with E-state index in [2.05, 4.69) is 10.2 Å². The molecule has 31 heavy (non-hydrogen) atoms. The van der Waals surface area contributed by atoms with Crippen molar-refractivity contribution in [2.24, 2.45) is 5.92 Å². The largest absolute Gasteiger partial charge is 0.352 e. The van der Waals surface area contributed by atoms with Crippen LogP contribution < -0.4 is 5.32 Å². The van der Waals surface area contributed by atoms with Crippen LogP contribution in [0, 0.1) is 5.92 Å². The van der Waals surface area contributed by atoms with Gasteiger partial charge in [0.05, 0.1) is 6.04 Å². The zero-order valence-electron chi connectivity index (χ0n) is 17.8. The first-order valence-corrected chi connectivity index (χ1v) is 11.6. The number of halogens is 1. The molecule has 1 N–H and O–H groups in total. The van der Waals surface area contributed by atoms with Gasteiger partial charge in [0, 0.05) is 37.1 Å². The predicted octanol–water partition coefficient (Wildman–Crippen LogP) is 3.86. The molecule has 0 aromatic heterocycles. The fraction of sp³-hybridized carbons (Fsp3) is 0.440. The quantitative estimate of drug-likeness (QED) is 0.743. The van der Waals surface area contributed by atoms with Crippen LogP contribution in [0.4, 0.5) is 0 Å². The molecule has 0 bridgehead atoms. The topological polar surface area (TPSA) is 52.7 Å². The molecule has 0 spiro atoms. The third-order valence-corrected chi connectivity index (χ3v) is 6.69. The van der Waals surface area contributed by atoms with Crippen LogP contribution in [0.5, 0.6) is 0 Å². The molecule has 1 atom stereocenters. The lowest BCUT2D eigenvalue weighted by Crippen LogP contribution is -2.49. The number of hydrogen-bond acceptors (Lipinski definition) is 3. The molecular weight excluding hydrogens is 410 g/mol. The molecule has 0 saturated carbocycles. The lowest BCUT2D eigenvalue weighted by Gasteiger charge is -2.35. The second-order valence-corrected chi connectivity index (χ2v) is 8.99. The molecule has 2 aliphatic heterocycles. The van der Waals surface area contributed by atoms with E-state index in [9.17, 15) is 9.59 Å². The van der Waals surface area contributed by atoms with Crippen molar-refractivity contribution in [2.45, 2.75) is 44.8 Å².